The van der Waals surface area contributed by atoms with Gasteiger partial charge in [-0.2, -0.15) is 11.8 Å². The molecule has 1 heterocycles. The second-order valence-corrected chi connectivity index (χ2v) is 4.35. The van der Waals surface area contributed by atoms with Crippen LogP contribution in [0.5, 0.6) is 0 Å². The molecule has 0 spiro atoms. The zero-order valence-electron chi connectivity index (χ0n) is 7.97. The van der Waals surface area contributed by atoms with Crippen LogP contribution in [-0.4, -0.2) is 22.0 Å². The zero-order valence-corrected chi connectivity index (χ0v) is 8.79. The van der Waals surface area contributed by atoms with Gasteiger partial charge in [0.2, 0.25) is 0 Å². The van der Waals surface area contributed by atoms with Crippen molar-refractivity contribution in [1.29, 1.82) is 0 Å². The zero-order chi connectivity index (χ0) is 10.4. The van der Waals surface area contributed by atoms with Gasteiger partial charge in [-0.05, 0) is 31.2 Å². The Balaban J connectivity index is 2.26. The van der Waals surface area contributed by atoms with Crippen LogP contribution in [0.3, 0.4) is 0 Å². The molecule has 14 heavy (non-hydrogen) atoms. The number of carboxylic acids is 1. The average molecular weight is 210 g/mol. The van der Waals surface area contributed by atoms with Crippen LogP contribution in [0.1, 0.15) is 12.6 Å². The first-order valence-corrected chi connectivity index (χ1v) is 5.47. The summed E-state index contributed by atoms with van der Waals surface area (Å²) in [6.07, 6.45) is 2.53. The van der Waals surface area contributed by atoms with Crippen LogP contribution in [-0.2, 0) is 11.2 Å². The molecule has 0 N–H and O–H groups in total. The standard InChI is InChI=1S/C10H13NO2S/c1-8(10(12)13)14-7-5-9-4-2-3-6-11-9/h2-4,6,8H,5,7H2,1H3,(H,12,13)/p-1/t8-/m1/s1. The van der Waals surface area contributed by atoms with Gasteiger partial charge in [0, 0.05) is 17.1 Å². The van der Waals surface area contributed by atoms with E-state index < -0.39 is 11.2 Å². The molecule has 0 unspecified atom stereocenters. The number of aryl methyl sites for hydroxylation is 1. The summed E-state index contributed by atoms with van der Waals surface area (Å²) in [6.45, 7) is 1.64. The quantitative estimate of drug-likeness (QED) is 0.710. The van der Waals surface area contributed by atoms with Crippen molar-refractivity contribution >= 4 is 17.7 Å². The van der Waals surface area contributed by atoms with Crippen LogP contribution in [0.4, 0.5) is 0 Å². The molecule has 0 fully saturated rings. The lowest BCUT2D eigenvalue weighted by molar-refractivity contribution is -0.304. The summed E-state index contributed by atoms with van der Waals surface area (Å²) in [4.78, 5) is 14.5. The van der Waals surface area contributed by atoms with Crippen LogP contribution in [0, 0.1) is 0 Å². The first-order chi connectivity index (χ1) is 6.70. The van der Waals surface area contributed by atoms with Crippen molar-refractivity contribution in [3.05, 3.63) is 30.1 Å². The Hall–Kier alpha value is -1.03. The second kappa shape index (κ2) is 5.65. The third-order valence-corrected chi connectivity index (χ3v) is 2.92. The Kier molecular flexibility index (Phi) is 4.46. The first-order valence-electron chi connectivity index (χ1n) is 4.42. The summed E-state index contributed by atoms with van der Waals surface area (Å²) in [7, 11) is 0. The van der Waals surface area contributed by atoms with Gasteiger partial charge in [-0.15, -0.1) is 0 Å². The van der Waals surface area contributed by atoms with Gasteiger partial charge in [0.05, 0.1) is 5.97 Å². The molecule has 0 aliphatic heterocycles. The molecule has 4 heteroatoms. The van der Waals surface area contributed by atoms with Gasteiger partial charge >= 0.3 is 0 Å². The maximum absolute atomic E-state index is 10.4. The summed E-state index contributed by atoms with van der Waals surface area (Å²) in [5.74, 6) is -0.248. The van der Waals surface area contributed by atoms with Crippen molar-refractivity contribution in [1.82, 2.24) is 4.98 Å². The van der Waals surface area contributed by atoms with Crippen molar-refractivity contribution in [2.75, 3.05) is 5.75 Å². The molecule has 0 aliphatic rings. The van der Waals surface area contributed by atoms with Crippen molar-refractivity contribution < 1.29 is 9.90 Å². The van der Waals surface area contributed by atoms with Crippen molar-refractivity contribution in [2.24, 2.45) is 0 Å². The molecule has 1 aromatic heterocycles. The number of nitrogens with zero attached hydrogens (tertiary/aromatic N) is 1. The summed E-state index contributed by atoms with van der Waals surface area (Å²) in [6, 6.07) is 5.72. The van der Waals surface area contributed by atoms with Crippen molar-refractivity contribution in [3.8, 4) is 0 Å². The minimum Gasteiger partial charge on any atom is -0.549 e. The Morgan fingerprint density at radius 3 is 3.00 bits per heavy atom. The van der Waals surface area contributed by atoms with Gasteiger partial charge in [0.1, 0.15) is 0 Å². The molecule has 0 aromatic carbocycles. The molecule has 0 radical (unpaired) electrons. The number of pyridine rings is 1. The highest BCUT2D eigenvalue weighted by atomic mass is 32.2. The lowest BCUT2D eigenvalue weighted by Crippen LogP contribution is -2.31. The predicted octanol–water partition coefficient (Wildman–Crippen LogP) is 0.496. The Labute approximate surface area is 87.6 Å². The molecular formula is C10H12NO2S-. The first kappa shape index (κ1) is 11.0. The summed E-state index contributed by atoms with van der Waals surface area (Å²) in [5, 5.41) is 9.95. The summed E-state index contributed by atoms with van der Waals surface area (Å²) < 4.78 is 0. The number of carbonyl (C=O) groups excluding carboxylic acids is 1. The number of hydrogen-bond acceptors (Lipinski definition) is 4. The maximum atomic E-state index is 10.4. The van der Waals surface area contributed by atoms with E-state index in [1.165, 1.54) is 11.8 Å². The average Bonchev–Trinajstić information content (AvgIpc) is 2.19. The molecule has 0 amide bonds. The van der Waals surface area contributed by atoms with Gasteiger partial charge in [0.25, 0.3) is 0 Å². The third kappa shape index (κ3) is 3.79. The lowest BCUT2D eigenvalue weighted by atomic mass is 10.3. The van der Waals surface area contributed by atoms with E-state index in [-0.39, 0.29) is 0 Å². The monoisotopic (exact) mass is 210 g/mol. The van der Waals surface area contributed by atoms with Gasteiger partial charge < -0.3 is 9.90 Å². The van der Waals surface area contributed by atoms with Crippen molar-refractivity contribution in [3.63, 3.8) is 0 Å². The number of thioether (sulfide) groups is 1. The number of aliphatic carboxylic acids is 1. The summed E-state index contributed by atoms with van der Waals surface area (Å²) in [5.41, 5.74) is 0.991. The van der Waals surface area contributed by atoms with E-state index in [2.05, 4.69) is 4.98 Å². The second-order valence-electron chi connectivity index (χ2n) is 2.90. The van der Waals surface area contributed by atoms with E-state index in [4.69, 9.17) is 0 Å². The van der Waals surface area contributed by atoms with Crippen LogP contribution in [0.2, 0.25) is 0 Å². The normalized spacial score (nSPS) is 12.4. The molecule has 1 aromatic rings. The maximum Gasteiger partial charge on any atom is 0.0541 e. The van der Waals surface area contributed by atoms with Crippen LogP contribution < -0.4 is 5.11 Å². The Bertz CT molecular complexity index is 289. The van der Waals surface area contributed by atoms with Crippen LogP contribution in [0.15, 0.2) is 24.4 Å². The molecule has 1 atom stereocenters. The highest BCUT2D eigenvalue weighted by Gasteiger charge is 2.02. The smallest absolute Gasteiger partial charge is 0.0541 e. The molecule has 0 saturated carbocycles. The summed E-state index contributed by atoms with van der Waals surface area (Å²) >= 11 is 1.38. The van der Waals surface area contributed by atoms with Crippen LogP contribution >= 0.6 is 11.8 Å². The molecule has 3 nitrogen and oxygen atoms in total. The third-order valence-electron chi connectivity index (χ3n) is 1.78. The predicted molar refractivity (Wildman–Crippen MR) is 54.9 cm³/mol. The largest absolute Gasteiger partial charge is 0.549 e. The Morgan fingerprint density at radius 2 is 2.43 bits per heavy atom. The molecule has 0 bridgehead atoms. The van der Waals surface area contributed by atoms with E-state index in [0.717, 1.165) is 17.9 Å². The molecule has 0 saturated heterocycles. The van der Waals surface area contributed by atoms with Gasteiger partial charge in [-0.3, -0.25) is 4.98 Å². The molecule has 0 aliphatic carbocycles. The fraction of sp³-hybridized carbons (Fsp3) is 0.400. The number of aromatic nitrogens is 1. The van der Waals surface area contributed by atoms with E-state index in [0.29, 0.717) is 0 Å². The highest BCUT2D eigenvalue weighted by molar-refractivity contribution is 8.00. The van der Waals surface area contributed by atoms with Gasteiger partial charge in [-0.1, -0.05) is 6.07 Å². The van der Waals surface area contributed by atoms with E-state index in [9.17, 15) is 9.90 Å². The minimum absolute atomic E-state index is 0.446. The molecule has 76 valence electrons. The van der Waals surface area contributed by atoms with E-state index in [1.807, 2.05) is 18.2 Å². The number of carboxylic acid groups (broad SMARTS) is 1. The lowest BCUT2D eigenvalue weighted by Gasteiger charge is -2.11. The fourth-order valence-electron chi connectivity index (χ4n) is 0.954. The van der Waals surface area contributed by atoms with Gasteiger partial charge in [-0.25, -0.2) is 0 Å². The number of carbonyl (C=O) groups is 1. The Morgan fingerprint density at radius 1 is 1.64 bits per heavy atom. The minimum atomic E-state index is -1.00. The highest BCUT2D eigenvalue weighted by Crippen LogP contribution is 2.11. The topological polar surface area (TPSA) is 53.0 Å². The molecular weight excluding hydrogens is 198 g/mol. The van der Waals surface area contributed by atoms with Crippen LogP contribution in [0.25, 0.3) is 0 Å². The SMILES string of the molecule is C[C@@H](SCCc1ccccn1)C(=O)[O-]. The van der Waals surface area contributed by atoms with Crippen molar-refractivity contribution in [2.45, 2.75) is 18.6 Å². The van der Waals surface area contributed by atoms with E-state index >= 15 is 0 Å². The molecule has 1 rings (SSSR count). The fourth-order valence-corrected chi connectivity index (χ4v) is 1.77. The number of hydrogen-bond donors (Lipinski definition) is 0. The van der Waals surface area contributed by atoms with Gasteiger partial charge in [0.15, 0.2) is 0 Å². The van der Waals surface area contributed by atoms with E-state index in [1.54, 1.807) is 13.1 Å². The number of rotatable bonds is 5.